The number of esters is 1. The summed E-state index contributed by atoms with van der Waals surface area (Å²) in [6.07, 6.45) is -0.160. The number of hydrogen-bond acceptors (Lipinski definition) is 5. The predicted octanol–water partition coefficient (Wildman–Crippen LogP) is -0.525. The highest BCUT2D eigenvalue weighted by Crippen LogP contribution is 2.14. The van der Waals surface area contributed by atoms with Crippen molar-refractivity contribution in [1.82, 2.24) is 0 Å². The van der Waals surface area contributed by atoms with Crippen molar-refractivity contribution in [2.45, 2.75) is 6.10 Å². The first-order valence-electron chi connectivity index (χ1n) is 3.39. The minimum atomic E-state index is -3.04. The van der Waals surface area contributed by atoms with E-state index in [2.05, 4.69) is 15.8 Å². The number of aliphatic hydroxyl groups is 1. The fraction of sp³-hybridized carbons (Fsp3) is 0.500. The first kappa shape index (κ1) is 12.3. The van der Waals surface area contributed by atoms with Gasteiger partial charge in [-0.15, -0.1) is 0 Å². The largest absolute Gasteiger partial charge is 0.460 e. The average molecular weight is 210 g/mol. The molecule has 0 saturated heterocycles. The first-order chi connectivity index (χ1) is 6.06. The molecule has 0 aromatic rings. The summed E-state index contributed by atoms with van der Waals surface area (Å²) >= 11 is 0. The molecule has 0 amide bonds. The monoisotopic (exact) mass is 210 g/mol. The summed E-state index contributed by atoms with van der Waals surface area (Å²) in [6, 6.07) is 0. The fourth-order valence-corrected chi connectivity index (χ4v) is 0.788. The minimum absolute atomic E-state index is 0.292. The third kappa shape index (κ3) is 7.67. The van der Waals surface area contributed by atoms with Crippen LogP contribution in [0, 0.1) is 0 Å². The Morgan fingerprint density at radius 1 is 1.62 bits per heavy atom. The third-order valence-corrected chi connectivity index (χ3v) is 1.40. The van der Waals surface area contributed by atoms with E-state index in [1.807, 2.05) is 0 Å². The van der Waals surface area contributed by atoms with Gasteiger partial charge in [0.15, 0.2) is 0 Å². The Balaban J connectivity index is 3.50. The van der Waals surface area contributed by atoms with Crippen LogP contribution in [0.4, 0.5) is 0 Å². The molecule has 76 valence electrons. The van der Waals surface area contributed by atoms with Crippen LogP contribution in [0.2, 0.25) is 0 Å². The molecule has 0 heterocycles. The van der Waals surface area contributed by atoms with Gasteiger partial charge in [0.25, 0.3) is 0 Å². The summed E-state index contributed by atoms with van der Waals surface area (Å²) < 4.78 is 18.7. The van der Waals surface area contributed by atoms with Gasteiger partial charge in [-0.25, -0.2) is 4.79 Å². The fourth-order valence-electron chi connectivity index (χ4n) is 0.453. The molecule has 2 atom stereocenters. The second kappa shape index (κ2) is 6.80. The highest BCUT2D eigenvalue weighted by atomic mass is 31.1. The van der Waals surface area contributed by atoms with Crippen LogP contribution in [0.3, 0.4) is 0 Å². The number of ether oxygens (including phenoxy) is 1. The molecule has 0 aliphatic rings. The van der Waals surface area contributed by atoms with Crippen LogP contribution in [0.5, 0.6) is 0 Å². The minimum Gasteiger partial charge on any atom is -0.460 e. The molecule has 7 heteroatoms. The Kier molecular flexibility index (Phi) is 6.44. The average Bonchev–Trinajstić information content (AvgIpc) is 2.10. The van der Waals surface area contributed by atoms with Gasteiger partial charge in [0, 0.05) is 6.08 Å². The van der Waals surface area contributed by atoms with Crippen molar-refractivity contribution in [2.24, 2.45) is 0 Å². The number of aliphatic hydroxyl groups excluding tert-OH is 1. The summed E-state index contributed by atoms with van der Waals surface area (Å²) in [7, 11) is -3.04. The maximum Gasteiger partial charge on any atom is 0.330 e. The molecule has 13 heavy (non-hydrogen) atoms. The Morgan fingerprint density at radius 2 is 2.23 bits per heavy atom. The SMILES string of the molecule is C=CC(=O)OCC(O)CO[PH](=O)O. The number of carbonyl (C=O) groups excluding carboxylic acids is 1. The molecule has 0 aromatic heterocycles. The van der Waals surface area contributed by atoms with Gasteiger partial charge in [-0.1, -0.05) is 6.58 Å². The Labute approximate surface area is 75.7 Å². The molecule has 0 aromatic carbocycles. The zero-order chi connectivity index (χ0) is 10.3. The number of hydrogen-bond donors (Lipinski definition) is 2. The van der Waals surface area contributed by atoms with Crippen molar-refractivity contribution in [3.05, 3.63) is 12.7 Å². The molecule has 0 radical (unpaired) electrons. The van der Waals surface area contributed by atoms with E-state index >= 15 is 0 Å². The normalized spacial score (nSPS) is 14.6. The Morgan fingerprint density at radius 3 is 2.69 bits per heavy atom. The standard InChI is InChI=1S/C6H11O6P/c1-2-6(8)11-3-5(7)4-12-13(9)10/h2,5,7,13H,1,3-4H2,(H,9,10). The highest BCUT2D eigenvalue weighted by Gasteiger charge is 2.07. The van der Waals surface area contributed by atoms with Crippen molar-refractivity contribution in [1.29, 1.82) is 0 Å². The summed E-state index contributed by atoms with van der Waals surface area (Å²) in [5.74, 6) is -0.671. The molecule has 6 nitrogen and oxygen atoms in total. The summed E-state index contributed by atoms with van der Waals surface area (Å²) in [6.45, 7) is 2.50. The lowest BCUT2D eigenvalue weighted by molar-refractivity contribution is -0.141. The molecule has 0 fully saturated rings. The van der Waals surface area contributed by atoms with Gasteiger partial charge in [0.05, 0.1) is 6.61 Å². The molecule has 0 rings (SSSR count). The van der Waals surface area contributed by atoms with Gasteiger partial charge in [0.1, 0.15) is 12.7 Å². The van der Waals surface area contributed by atoms with Gasteiger partial charge >= 0.3 is 14.2 Å². The van der Waals surface area contributed by atoms with E-state index in [9.17, 15) is 9.36 Å². The van der Waals surface area contributed by atoms with E-state index in [1.165, 1.54) is 0 Å². The summed E-state index contributed by atoms with van der Waals surface area (Å²) in [4.78, 5) is 18.7. The lowest BCUT2D eigenvalue weighted by Crippen LogP contribution is -2.21. The van der Waals surface area contributed by atoms with Crippen LogP contribution < -0.4 is 0 Å². The molecule has 0 spiro atoms. The van der Waals surface area contributed by atoms with E-state index in [-0.39, 0.29) is 13.2 Å². The van der Waals surface area contributed by atoms with Gasteiger partial charge in [-0.3, -0.25) is 4.57 Å². The van der Waals surface area contributed by atoms with E-state index in [4.69, 9.17) is 10.00 Å². The number of carbonyl (C=O) groups is 1. The van der Waals surface area contributed by atoms with Crippen molar-refractivity contribution >= 4 is 14.2 Å². The predicted molar refractivity (Wildman–Crippen MR) is 44.3 cm³/mol. The number of rotatable bonds is 6. The lowest BCUT2D eigenvalue weighted by Gasteiger charge is -2.08. The summed E-state index contributed by atoms with van der Waals surface area (Å²) in [5, 5.41) is 8.97. The van der Waals surface area contributed by atoms with Crippen molar-refractivity contribution < 1.29 is 28.6 Å². The van der Waals surface area contributed by atoms with Crippen molar-refractivity contribution in [2.75, 3.05) is 13.2 Å². The van der Waals surface area contributed by atoms with Crippen LogP contribution >= 0.6 is 8.25 Å². The van der Waals surface area contributed by atoms with Crippen molar-refractivity contribution in [3.8, 4) is 0 Å². The van der Waals surface area contributed by atoms with Crippen LogP contribution in [-0.2, 0) is 18.6 Å². The molecule has 0 aliphatic heterocycles. The Bertz CT molecular complexity index is 203. The zero-order valence-corrected chi connectivity index (χ0v) is 7.80. The van der Waals surface area contributed by atoms with Gasteiger partial charge in [0.2, 0.25) is 0 Å². The quantitative estimate of drug-likeness (QED) is 0.348. The lowest BCUT2D eigenvalue weighted by atomic mass is 10.4. The molecule has 0 saturated carbocycles. The maximum absolute atomic E-state index is 10.5. The smallest absolute Gasteiger partial charge is 0.330 e. The molecular weight excluding hydrogens is 199 g/mol. The molecule has 2 N–H and O–H groups in total. The zero-order valence-electron chi connectivity index (χ0n) is 6.80. The van der Waals surface area contributed by atoms with Crippen LogP contribution in [0.15, 0.2) is 12.7 Å². The summed E-state index contributed by atoms with van der Waals surface area (Å²) in [5.41, 5.74) is 0. The van der Waals surface area contributed by atoms with E-state index in [1.54, 1.807) is 0 Å². The van der Waals surface area contributed by atoms with E-state index in [0.29, 0.717) is 0 Å². The maximum atomic E-state index is 10.5. The molecule has 0 aliphatic carbocycles. The second-order valence-corrected chi connectivity index (χ2v) is 2.89. The molecule has 2 unspecified atom stereocenters. The van der Waals surface area contributed by atoms with Gasteiger partial charge in [-0.2, -0.15) is 0 Å². The molecular formula is C6H11O6P. The molecule has 0 bridgehead atoms. The topological polar surface area (TPSA) is 93.1 Å². The van der Waals surface area contributed by atoms with Crippen molar-refractivity contribution in [3.63, 3.8) is 0 Å². The Hall–Kier alpha value is -0.680. The van der Waals surface area contributed by atoms with Crippen LogP contribution in [0.1, 0.15) is 0 Å². The highest BCUT2D eigenvalue weighted by molar-refractivity contribution is 7.32. The van der Waals surface area contributed by atoms with E-state index < -0.39 is 20.3 Å². The second-order valence-electron chi connectivity index (χ2n) is 2.06. The van der Waals surface area contributed by atoms with E-state index in [0.717, 1.165) is 6.08 Å². The van der Waals surface area contributed by atoms with Crippen LogP contribution in [0.25, 0.3) is 0 Å². The van der Waals surface area contributed by atoms with Crippen LogP contribution in [-0.4, -0.2) is 35.3 Å². The third-order valence-electron chi connectivity index (χ3n) is 0.984. The first-order valence-corrected chi connectivity index (χ1v) is 4.65. The van der Waals surface area contributed by atoms with Gasteiger partial charge in [-0.05, 0) is 0 Å². The van der Waals surface area contributed by atoms with Gasteiger partial charge < -0.3 is 19.3 Å².